The predicted octanol–water partition coefficient (Wildman–Crippen LogP) is -1.47. The van der Waals surface area contributed by atoms with E-state index in [-0.39, 0.29) is 5.82 Å². The molecule has 1 N–H and O–H groups in total. The first-order valence-electron chi connectivity index (χ1n) is 3.37. The molecule has 1 aromatic rings. The molecule has 0 aromatic carbocycles. The number of aromatic amines is 1. The van der Waals surface area contributed by atoms with Crippen LogP contribution in [0.1, 0.15) is 0 Å². The molecule has 6 nitrogen and oxygen atoms in total. The molecule has 0 spiro atoms. The largest absolute Gasteiger partial charge is 0.357 e. The van der Waals surface area contributed by atoms with Gasteiger partial charge in [0.15, 0.2) is 0 Å². The molecule has 0 aliphatic heterocycles. The molecule has 0 aliphatic rings. The lowest BCUT2D eigenvalue weighted by molar-refractivity contribution is 0.719. The number of rotatable bonds is 1. The van der Waals surface area contributed by atoms with Crippen molar-refractivity contribution in [2.45, 2.75) is 0 Å². The molecular formula is C6H10N4O2. The van der Waals surface area contributed by atoms with Crippen molar-refractivity contribution in [3.05, 3.63) is 20.8 Å². The van der Waals surface area contributed by atoms with E-state index in [2.05, 4.69) is 10.2 Å². The van der Waals surface area contributed by atoms with E-state index in [9.17, 15) is 9.59 Å². The van der Waals surface area contributed by atoms with Crippen molar-refractivity contribution in [2.24, 2.45) is 7.05 Å². The molecule has 1 rings (SSSR count). The van der Waals surface area contributed by atoms with Crippen molar-refractivity contribution in [3.8, 4) is 0 Å². The fraction of sp³-hybridized carbons (Fsp3) is 0.500. The van der Waals surface area contributed by atoms with E-state index in [1.54, 1.807) is 14.1 Å². The summed E-state index contributed by atoms with van der Waals surface area (Å²) in [5.41, 5.74) is -0.908. The summed E-state index contributed by atoms with van der Waals surface area (Å²) in [6.07, 6.45) is 0. The number of H-pyrrole nitrogens is 1. The van der Waals surface area contributed by atoms with E-state index in [0.717, 1.165) is 4.57 Å². The van der Waals surface area contributed by atoms with E-state index >= 15 is 0 Å². The summed E-state index contributed by atoms with van der Waals surface area (Å²) in [6.45, 7) is 0. The molecule has 0 unspecified atom stereocenters. The molecule has 0 amide bonds. The maximum atomic E-state index is 11.3. The summed E-state index contributed by atoms with van der Waals surface area (Å²) in [5.74, 6) is 0.220. The average Bonchev–Trinajstić information content (AvgIpc) is 2.00. The molecule has 12 heavy (non-hydrogen) atoms. The second-order valence-corrected chi connectivity index (χ2v) is 2.61. The van der Waals surface area contributed by atoms with Crippen molar-refractivity contribution >= 4 is 5.82 Å². The predicted molar refractivity (Wildman–Crippen MR) is 44.4 cm³/mol. The lowest BCUT2D eigenvalue weighted by Crippen LogP contribution is -2.37. The molecular weight excluding hydrogens is 160 g/mol. The highest BCUT2D eigenvalue weighted by Gasteiger charge is 2.06. The molecule has 1 aromatic heterocycles. The lowest BCUT2D eigenvalue weighted by Gasteiger charge is -2.09. The fourth-order valence-corrected chi connectivity index (χ4v) is 0.757. The first kappa shape index (κ1) is 8.51. The van der Waals surface area contributed by atoms with E-state index < -0.39 is 11.2 Å². The van der Waals surface area contributed by atoms with Crippen molar-refractivity contribution in [1.29, 1.82) is 0 Å². The number of hydrogen-bond donors (Lipinski definition) is 1. The highest BCUT2D eigenvalue weighted by atomic mass is 16.2. The Bertz CT molecular complexity index is 389. The molecule has 66 valence electrons. The summed E-state index contributed by atoms with van der Waals surface area (Å²) in [5, 5.41) is 5.80. The van der Waals surface area contributed by atoms with E-state index in [4.69, 9.17) is 0 Å². The SMILES string of the molecule is CN(C)c1n[nH]c(=O)n(C)c1=O. The third-order valence-electron chi connectivity index (χ3n) is 1.48. The maximum absolute atomic E-state index is 11.3. The number of nitrogens with zero attached hydrogens (tertiary/aromatic N) is 3. The second-order valence-electron chi connectivity index (χ2n) is 2.61. The van der Waals surface area contributed by atoms with E-state index in [1.165, 1.54) is 11.9 Å². The average molecular weight is 170 g/mol. The minimum atomic E-state index is -0.509. The zero-order valence-corrected chi connectivity index (χ0v) is 7.16. The zero-order chi connectivity index (χ0) is 9.30. The highest BCUT2D eigenvalue weighted by Crippen LogP contribution is 1.90. The van der Waals surface area contributed by atoms with Gasteiger partial charge in [-0.05, 0) is 0 Å². The van der Waals surface area contributed by atoms with Gasteiger partial charge in [0.05, 0.1) is 0 Å². The van der Waals surface area contributed by atoms with Gasteiger partial charge in [0, 0.05) is 21.1 Å². The van der Waals surface area contributed by atoms with Crippen molar-refractivity contribution in [3.63, 3.8) is 0 Å². The number of nitrogens with one attached hydrogen (secondary N) is 1. The normalized spacial score (nSPS) is 9.92. The van der Waals surface area contributed by atoms with Gasteiger partial charge in [0.1, 0.15) is 0 Å². The molecule has 0 saturated carbocycles. The minimum Gasteiger partial charge on any atom is -0.357 e. The Labute approximate surface area is 68.4 Å². The first-order valence-corrected chi connectivity index (χ1v) is 3.37. The van der Waals surface area contributed by atoms with E-state index in [1.807, 2.05) is 0 Å². The Morgan fingerprint density at radius 2 is 2.00 bits per heavy atom. The van der Waals surface area contributed by atoms with Crippen LogP contribution in [0.2, 0.25) is 0 Å². The molecule has 6 heteroatoms. The quantitative estimate of drug-likeness (QED) is 0.559. The number of anilines is 1. The van der Waals surface area contributed by atoms with Gasteiger partial charge >= 0.3 is 5.69 Å². The Balaban J connectivity index is 3.48. The Morgan fingerprint density at radius 1 is 1.42 bits per heavy atom. The van der Waals surface area contributed by atoms with Crippen LogP contribution < -0.4 is 16.1 Å². The molecule has 0 radical (unpaired) electrons. The van der Waals surface area contributed by atoms with Gasteiger partial charge in [-0.3, -0.25) is 9.36 Å². The minimum absolute atomic E-state index is 0.220. The topological polar surface area (TPSA) is 71.0 Å². The van der Waals surface area contributed by atoms with Crippen LogP contribution >= 0.6 is 0 Å². The van der Waals surface area contributed by atoms with Gasteiger partial charge < -0.3 is 4.90 Å². The van der Waals surface area contributed by atoms with Crippen LogP contribution in [-0.4, -0.2) is 28.9 Å². The summed E-state index contributed by atoms with van der Waals surface area (Å²) in [4.78, 5) is 23.7. The molecule has 0 fully saturated rings. The standard InChI is InChI=1S/C6H10N4O2/c1-9(2)4-5(11)10(3)6(12)8-7-4/h1-3H3,(H,8,12). The van der Waals surface area contributed by atoms with Crippen LogP contribution in [0.4, 0.5) is 5.82 Å². The Morgan fingerprint density at radius 3 is 2.50 bits per heavy atom. The fourth-order valence-electron chi connectivity index (χ4n) is 0.757. The lowest BCUT2D eigenvalue weighted by atomic mass is 10.6. The van der Waals surface area contributed by atoms with Gasteiger partial charge in [-0.25, -0.2) is 9.89 Å². The third kappa shape index (κ3) is 1.23. The van der Waals surface area contributed by atoms with Crippen molar-refractivity contribution in [2.75, 3.05) is 19.0 Å². The van der Waals surface area contributed by atoms with Gasteiger partial charge in [-0.1, -0.05) is 0 Å². The maximum Gasteiger partial charge on any atom is 0.344 e. The molecule has 1 heterocycles. The van der Waals surface area contributed by atoms with Gasteiger partial charge in [0.25, 0.3) is 5.56 Å². The molecule has 0 bridgehead atoms. The molecule has 0 aliphatic carbocycles. The van der Waals surface area contributed by atoms with Crippen molar-refractivity contribution < 1.29 is 0 Å². The zero-order valence-electron chi connectivity index (χ0n) is 7.16. The summed E-state index contributed by atoms with van der Waals surface area (Å²) in [7, 11) is 4.76. The van der Waals surface area contributed by atoms with Crippen LogP contribution in [0.15, 0.2) is 9.59 Å². The van der Waals surface area contributed by atoms with Gasteiger partial charge in [0.2, 0.25) is 5.82 Å². The van der Waals surface area contributed by atoms with Crippen LogP contribution in [0.5, 0.6) is 0 Å². The van der Waals surface area contributed by atoms with Gasteiger partial charge in [-0.15, -0.1) is 5.10 Å². The molecule has 0 atom stereocenters. The summed E-state index contributed by atoms with van der Waals surface area (Å²) < 4.78 is 0.975. The second kappa shape index (κ2) is 2.80. The first-order chi connectivity index (χ1) is 5.54. The van der Waals surface area contributed by atoms with Crippen LogP contribution in [0.3, 0.4) is 0 Å². The Hall–Kier alpha value is -1.59. The monoisotopic (exact) mass is 170 g/mol. The van der Waals surface area contributed by atoms with Crippen LogP contribution in [-0.2, 0) is 7.05 Å². The summed E-state index contributed by atoms with van der Waals surface area (Å²) in [6, 6.07) is 0. The summed E-state index contributed by atoms with van der Waals surface area (Å²) >= 11 is 0. The van der Waals surface area contributed by atoms with Crippen LogP contribution in [0, 0.1) is 0 Å². The van der Waals surface area contributed by atoms with E-state index in [0.29, 0.717) is 0 Å². The third-order valence-corrected chi connectivity index (χ3v) is 1.48. The number of hydrogen-bond acceptors (Lipinski definition) is 4. The Kier molecular flexibility index (Phi) is 1.99. The van der Waals surface area contributed by atoms with Gasteiger partial charge in [-0.2, -0.15) is 0 Å². The van der Waals surface area contributed by atoms with Crippen molar-refractivity contribution in [1.82, 2.24) is 14.8 Å². The number of aromatic nitrogens is 3. The van der Waals surface area contributed by atoms with Crippen LogP contribution in [0.25, 0.3) is 0 Å². The smallest absolute Gasteiger partial charge is 0.344 e. The highest BCUT2D eigenvalue weighted by molar-refractivity contribution is 5.31. The molecule has 0 saturated heterocycles.